The van der Waals surface area contributed by atoms with E-state index in [1.54, 1.807) is 0 Å². The zero-order valence-corrected chi connectivity index (χ0v) is 16.4. The number of rotatable bonds is 10. The van der Waals surface area contributed by atoms with Crippen molar-refractivity contribution in [1.29, 1.82) is 0 Å². The molecule has 0 saturated carbocycles. The summed E-state index contributed by atoms with van der Waals surface area (Å²) >= 11 is 0. The van der Waals surface area contributed by atoms with Gasteiger partial charge in [-0.1, -0.05) is 26.0 Å². The predicted molar refractivity (Wildman–Crippen MR) is 106 cm³/mol. The van der Waals surface area contributed by atoms with E-state index in [1.165, 1.54) is 0 Å². The number of para-hydroxylation sites is 2. The third-order valence-corrected chi connectivity index (χ3v) is 3.55. The lowest BCUT2D eigenvalue weighted by molar-refractivity contribution is -0.116. The van der Waals surface area contributed by atoms with Crippen molar-refractivity contribution in [3.05, 3.63) is 24.3 Å². The van der Waals surface area contributed by atoms with Gasteiger partial charge < -0.3 is 20.7 Å². The average Bonchev–Trinajstić information content (AvgIpc) is 2.51. The fraction of sp³-hybridized carbons (Fsp3) is 0.588. The lowest BCUT2D eigenvalue weighted by Crippen LogP contribution is -2.28. The quantitative estimate of drug-likeness (QED) is 0.654. The van der Waals surface area contributed by atoms with Gasteiger partial charge in [0.2, 0.25) is 5.91 Å². The number of amides is 1. The number of hydrogen-bond acceptors (Lipinski definition) is 4. The Morgan fingerprint density at radius 1 is 1.25 bits per heavy atom. The minimum atomic E-state index is -0.0305. The molecule has 0 aliphatic rings. The highest BCUT2D eigenvalue weighted by Crippen LogP contribution is 2.24. The summed E-state index contributed by atoms with van der Waals surface area (Å²) in [6.07, 6.45) is 1.10. The van der Waals surface area contributed by atoms with Gasteiger partial charge in [-0.3, -0.25) is 4.79 Å². The summed E-state index contributed by atoms with van der Waals surface area (Å²) in [7, 11) is 0. The average molecular weight is 380 g/mol. The Morgan fingerprint density at radius 2 is 1.88 bits per heavy atom. The predicted octanol–water partition coefficient (Wildman–Crippen LogP) is 3.32. The highest BCUT2D eigenvalue weighted by Gasteiger charge is 2.09. The molecule has 0 aliphatic heterocycles. The second-order valence-electron chi connectivity index (χ2n) is 5.44. The normalized spacial score (nSPS) is 11.2. The van der Waals surface area contributed by atoms with Crippen LogP contribution in [-0.4, -0.2) is 43.1 Å². The number of likely N-dealkylation sites (N-methyl/N-ethyl adjacent to an activating group) is 1. The zero-order chi connectivity index (χ0) is 16.4. The Balaban J connectivity index is 0. The van der Waals surface area contributed by atoms with Gasteiger partial charge in [0.05, 0.1) is 5.69 Å². The Hall–Kier alpha value is -1.01. The molecule has 1 aromatic rings. The highest BCUT2D eigenvalue weighted by molar-refractivity contribution is 5.92. The number of anilines is 1. The minimum Gasteiger partial charge on any atom is -0.490 e. The van der Waals surface area contributed by atoms with Crippen molar-refractivity contribution >= 4 is 36.4 Å². The second kappa shape index (κ2) is 14.3. The van der Waals surface area contributed by atoms with E-state index in [1.807, 2.05) is 31.2 Å². The molecule has 5 nitrogen and oxygen atoms in total. The molecule has 24 heavy (non-hydrogen) atoms. The minimum absolute atomic E-state index is 0. The zero-order valence-electron chi connectivity index (χ0n) is 14.8. The van der Waals surface area contributed by atoms with Crippen LogP contribution in [0.1, 0.15) is 33.6 Å². The van der Waals surface area contributed by atoms with Crippen LogP contribution in [0.4, 0.5) is 5.69 Å². The van der Waals surface area contributed by atoms with Gasteiger partial charge in [-0.05, 0) is 38.6 Å². The second-order valence-corrected chi connectivity index (χ2v) is 5.44. The Kier molecular flexibility index (Phi) is 15.1. The van der Waals surface area contributed by atoms with Crippen molar-refractivity contribution in [3.8, 4) is 5.75 Å². The lowest BCUT2D eigenvalue weighted by Gasteiger charge is -2.19. The van der Waals surface area contributed by atoms with Gasteiger partial charge in [0.25, 0.3) is 0 Å². The molecule has 0 spiro atoms. The number of nitrogens with zero attached hydrogens (tertiary/aromatic N) is 1. The molecule has 7 heteroatoms. The summed E-state index contributed by atoms with van der Waals surface area (Å²) in [5, 5.41) is 2.90. The maximum atomic E-state index is 11.9. The van der Waals surface area contributed by atoms with E-state index in [-0.39, 0.29) is 36.8 Å². The third-order valence-electron chi connectivity index (χ3n) is 3.55. The number of ether oxygens (including phenoxy) is 1. The molecular weight excluding hydrogens is 349 g/mol. The summed E-state index contributed by atoms with van der Waals surface area (Å²) in [4.78, 5) is 14.2. The number of carbonyl (C=O) groups excluding carboxylic acids is 1. The molecule has 1 amide bonds. The van der Waals surface area contributed by atoms with Crippen LogP contribution in [0.3, 0.4) is 0 Å². The molecule has 3 N–H and O–H groups in total. The highest BCUT2D eigenvalue weighted by atomic mass is 35.5. The number of carbonyl (C=O) groups is 1. The monoisotopic (exact) mass is 379 g/mol. The van der Waals surface area contributed by atoms with Gasteiger partial charge in [0, 0.05) is 19.0 Å². The van der Waals surface area contributed by atoms with Crippen molar-refractivity contribution in [2.24, 2.45) is 5.73 Å². The van der Waals surface area contributed by atoms with E-state index in [9.17, 15) is 4.79 Å². The topological polar surface area (TPSA) is 67.6 Å². The van der Waals surface area contributed by atoms with Crippen LogP contribution in [0.5, 0.6) is 5.75 Å². The smallest absolute Gasteiger partial charge is 0.224 e. The van der Waals surface area contributed by atoms with E-state index >= 15 is 0 Å². The standard InChI is InChI=1S/C17H29N3O2.2ClH/c1-4-20(5-2)12-13-22-16-9-7-6-8-15(16)19-17(21)11-10-14(3)18;;/h6-9,14H,4-5,10-13,18H2,1-3H3,(H,19,21);2*1H. The molecular formula is C17H31Cl2N3O2. The summed E-state index contributed by atoms with van der Waals surface area (Å²) < 4.78 is 5.82. The van der Waals surface area contributed by atoms with Crippen LogP contribution < -0.4 is 15.8 Å². The molecule has 140 valence electrons. The van der Waals surface area contributed by atoms with Gasteiger partial charge in [-0.2, -0.15) is 0 Å². The maximum absolute atomic E-state index is 11.9. The molecule has 0 fully saturated rings. The van der Waals surface area contributed by atoms with E-state index in [4.69, 9.17) is 10.5 Å². The van der Waals surface area contributed by atoms with Crippen molar-refractivity contribution < 1.29 is 9.53 Å². The lowest BCUT2D eigenvalue weighted by atomic mass is 10.2. The number of nitrogens with one attached hydrogen (secondary N) is 1. The number of benzene rings is 1. The number of hydrogen-bond donors (Lipinski definition) is 2. The molecule has 0 saturated heterocycles. The third kappa shape index (κ3) is 9.98. The van der Waals surface area contributed by atoms with Crippen molar-refractivity contribution in [2.45, 2.75) is 39.7 Å². The van der Waals surface area contributed by atoms with Crippen molar-refractivity contribution in [1.82, 2.24) is 4.90 Å². The molecule has 0 aliphatic carbocycles. The van der Waals surface area contributed by atoms with E-state index in [2.05, 4.69) is 24.1 Å². The summed E-state index contributed by atoms with van der Waals surface area (Å²) in [5.41, 5.74) is 6.39. The van der Waals surface area contributed by atoms with Crippen molar-refractivity contribution in [2.75, 3.05) is 31.6 Å². The summed E-state index contributed by atoms with van der Waals surface area (Å²) in [6.45, 7) is 9.67. The number of nitrogens with two attached hydrogens (primary N) is 1. The molecule has 0 radical (unpaired) electrons. The Labute approximate surface area is 158 Å². The Morgan fingerprint density at radius 3 is 2.46 bits per heavy atom. The number of halogens is 2. The molecule has 1 unspecified atom stereocenters. The van der Waals surface area contributed by atoms with Crippen LogP contribution in [0.25, 0.3) is 0 Å². The molecule has 0 bridgehead atoms. The van der Waals surface area contributed by atoms with Crippen LogP contribution in [0.2, 0.25) is 0 Å². The van der Waals surface area contributed by atoms with Gasteiger partial charge in [0.1, 0.15) is 12.4 Å². The van der Waals surface area contributed by atoms with Crippen LogP contribution >= 0.6 is 24.8 Å². The first kappa shape index (κ1) is 25.2. The van der Waals surface area contributed by atoms with Gasteiger partial charge in [-0.15, -0.1) is 24.8 Å². The first-order chi connectivity index (χ1) is 10.6. The maximum Gasteiger partial charge on any atom is 0.224 e. The molecule has 1 rings (SSSR count). The van der Waals surface area contributed by atoms with Crippen LogP contribution in [0, 0.1) is 0 Å². The first-order valence-electron chi connectivity index (χ1n) is 8.06. The fourth-order valence-electron chi connectivity index (χ4n) is 2.09. The first-order valence-corrected chi connectivity index (χ1v) is 8.06. The van der Waals surface area contributed by atoms with Gasteiger partial charge in [-0.25, -0.2) is 0 Å². The van der Waals surface area contributed by atoms with Crippen molar-refractivity contribution in [3.63, 3.8) is 0 Å². The molecule has 0 heterocycles. The van der Waals surface area contributed by atoms with Crippen LogP contribution in [-0.2, 0) is 4.79 Å². The van der Waals surface area contributed by atoms with E-state index in [0.717, 1.165) is 25.3 Å². The summed E-state index contributed by atoms with van der Waals surface area (Å²) in [6, 6.07) is 7.56. The van der Waals surface area contributed by atoms with Gasteiger partial charge in [0.15, 0.2) is 0 Å². The van der Waals surface area contributed by atoms with Gasteiger partial charge >= 0.3 is 0 Å². The van der Waals surface area contributed by atoms with E-state index < -0.39 is 0 Å². The Bertz CT molecular complexity index is 455. The molecule has 0 aromatic heterocycles. The summed E-state index contributed by atoms with van der Waals surface area (Å²) in [5.74, 6) is 0.681. The largest absolute Gasteiger partial charge is 0.490 e. The fourth-order valence-corrected chi connectivity index (χ4v) is 2.09. The van der Waals surface area contributed by atoms with Crippen LogP contribution in [0.15, 0.2) is 24.3 Å². The SMILES string of the molecule is CCN(CC)CCOc1ccccc1NC(=O)CCC(C)N.Cl.Cl. The molecule has 1 atom stereocenters. The van der Waals surface area contributed by atoms with E-state index in [0.29, 0.717) is 25.2 Å². The molecule has 1 aromatic carbocycles.